The summed E-state index contributed by atoms with van der Waals surface area (Å²) in [5, 5.41) is 0. The van der Waals surface area contributed by atoms with Crippen molar-refractivity contribution in [3.05, 3.63) is 60.2 Å². The number of nitrogens with zero attached hydrogens (tertiary/aromatic N) is 1. The molecule has 2 unspecified atom stereocenters. The van der Waals surface area contributed by atoms with Gasteiger partial charge in [-0.2, -0.15) is 0 Å². The quantitative estimate of drug-likeness (QED) is 0.798. The van der Waals surface area contributed by atoms with Crippen molar-refractivity contribution in [2.75, 3.05) is 6.61 Å². The van der Waals surface area contributed by atoms with Crippen LogP contribution >= 0.6 is 0 Å². The lowest BCUT2D eigenvalue weighted by molar-refractivity contribution is 0.167. The first kappa shape index (κ1) is 17.1. The molecule has 2 aromatic carbocycles. The van der Waals surface area contributed by atoms with Crippen molar-refractivity contribution in [1.82, 2.24) is 0 Å². The number of benzene rings is 2. The first-order valence-corrected chi connectivity index (χ1v) is 8.62. The minimum atomic E-state index is 0.0626. The Morgan fingerprint density at radius 3 is 2.68 bits per heavy atom. The Hall–Kier alpha value is -2.69. The Morgan fingerprint density at radius 2 is 1.96 bits per heavy atom. The van der Waals surface area contributed by atoms with E-state index in [0.29, 0.717) is 13.2 Å². The zero-order valence-electron chi connectivity index (χ0n) is 14.4. The second-order valence-electron chi connectivity index (χ2n) is 6.07. The van der Waals surface area contributed by atoms with Crippen molar-refractivity contribution in [2.45, 2.75) is 38.5 Å². The Bertz CT molecular complexity index is 703. The van der Waals surface area contributed by atoms with E-state index < -0.39 is 0 Å². The third-order valence-electron chi connectivity index (χ3n) is 4.08. The highest BCUT2D eigenvalue weighted by Crippen LogP contribution is 2.24. The highest BCUT2D eigenvalue weighted by molar-refractivity contribution is 5.73. The first-order valence-electron chi connectivity index (χ1n) is 8.62. The first-order chi connectivity index (χ1) is 12.2. The van der Waals surface area contributed by atoms with E-state index in [1.54, 1.807) is 0 Å². The minimum Gasteiger partial charge on any atom is -0.490 e. The van der Waals surface area contributed by atoms with Crippen LogP contribution in [0.1, 0.15) is 25.3 Å². The predicted octanol–water partition coefficient (Wildman–Crippen LogP) is 3.53. The molecule has 132 valence electrons. The molecule has 0 amide bonds. The van der Waals surface area contributed by atoms with Gasteiger partial charge in [0.1, 0.15) is 30.8 Å². The fourth-order valence-corrected chi connectivity index (χ4v) is 2.73. The molecule has 0 aliphatic carbocycles. The zero-order valence-corrected chi connectivity index (χ0v) is 14.4. The lowest BCUT2D eigenvalue weighted by atomic mass is 10.1. The molecule has 2 atom stereocenters. The topological polar surface area (TPSA) is 66.1 Å². The van der Waals surface area contributed by atoms with E-state index >= 15 is 0 Å². The SMILES string of the molecule is CCC(CC1COC(N)=N1)Oc1cccc(OCc2ccccc2)c1. The molecule has 0 fully saturated rings. The number of nitrogens with two attached hydrogens (primary N) is 1. The van der Waals surface area contributed by atoms with Crippen LogP contribution in [0.5, 0.6) is 11.5 Å². The minimum absolute atomic E-state index is 0.0626. The van der Waals surface area contributed by atoms with E-state index in [-0.39, 0.29) is 18.2 Å². The Balaban J connectivity index is 1.56. The van der Waals surface area contributed by atoms with E-state index in [0.717, 1.165) is 29.9 Å². The van der Waals surface area contributed by atoms with Gasteiger partial charge in [0.15, 0.2) is 0 Å². The van der Waals surface area contributed by atoms with Crippen LogP contribution in [0.15, 0.2) is 59.6 Å². The van der Waals surface area contributed by atoms with E-state index in [9.17, 15) is 0 Å². The van der Waals surface area contributed by atoms with Gasteiger partial charge in [0.25, 0.3) is 6.02 Å². The average Bonchev–Trinajstić information content (AvgIpc) is 3.05. The van der Waals surface area contributed by atoms with Gasteiger partial charge in [-0.15, -0.1) is 0 Å². The number of rotatable bonds is 8. The van der Waals surface area contributed by atoms with Gasteiger partial charge in [0.2, 0.25) is 0 Å². The lowest BCUT2D eigenvalue weighted by Crippen LogP contribution is -2.22. The zero-order chi connectivity index (χ0) is 17.5. The Morgan fingerprint density at radius 1 is 1.16 bits per heavy atom. The van der Waals surface area contributed by atoms with Gasteiger partial charge < -0.3 is 19.9 Å². The molecule has 0 saturated heterocycles. The fraction of sp³-hybridized carbons (Fsp3) is 0.350. The van der Waals surface area contributed by atoms with Crippen LogP contribution in [-0.4, -0.2) is 24.8 Å². The van der Waals surface area contributed by atoms with Crippen LogP contribution in [0.4, 0.5) is 0 Å². The highest BCUT2D eigenvalue weighted by atomic mass is 16.5. The molecule has 1 heterocycles. The molecule has 2 N–H and O–H groups in total. The standard InChI is InChI=1S/C20H24N2O3/c1-2-17(11-16-14-24-20(21)22-16)25-19-10-6-9-18(12-19)23-13-15-7-4-3-5-8-15/h3-10,12,16-17H,2,11,13-14H2,1H3,(H2,21,22). The van der Waals surface area contributed by atoms with Gasteiger partial charge in [-0.3, -0.25) is 0 Å². The summed E-state index contributed by atoms with van der Waals surface area (Å²) in [7, 11) is 0. The van der Waals surface area contributed by atoms with Gasteiger partial charge in [0.05, 0.1) is 6.04 Å². The molecule has 0 spiro atoms. The van der Waals surface area contributed by atoms with E-state index in [2.05, 4.69) is 11.9 Å². The second-order valence-corrected chi connectivity index (χ2v) is 6.07. The molecule has 1 aliphatic heterocycles. The van der Waals surface area contributed by atoms with Crippen molar-refractivity contribution in [1.29, 1.82) is 0 Å². The van der Waals surface area contributed by atoms with Gasteiger partial charge in [-0.25, -0.2) is 4.99 Å². The van der Waals surface area contributed by atoms with Crippen LogP contribution in [-0.2, 0) is 11.3 Å². The van der Waals surface area contributed by atoms with Gasteiger partial charge in [-0.1, -0.05) is 43.3 Å². The molecular weight excluding hydrogens is 316 g/mol. The van der Waals surface area contributed by atoms with E-state index in [4.69, 9.17) is 19.9 Å². The molecule has 0 saturated carbocycles. The Kier molecular flexibility index (Phi) is 5.77. The lowest BCUT2D eigenvalue weighted by Gasteiger charge is -2.19. The highest BCUT2D eigenvalue weighted by Gasteiger charge is 2.22. The average molecular weight is 340 g/mol. The summed E-state index contributed by atoms with van der Waals surface area (Å²) in [5.41, 5.74) is 6.70. The number of aliphatic imine (C=N–C) groups is 1. The number of hydrogen-bond acceptors (Lipinski definition) is 5. The largest absolute Gasteiger partial charge is 0.490 e. The van der Waals surface area contributed by atoms with Crippen molar-refractivity contribution < 1.29 is 14.2 Å². The van der Waals surface area contributed by atoms with Crippen LogP contribution < -0.4 is 15.2 Å². The molecule has 1 aliphatic rings. The summed E-state index contributed by atoms with van der Waals surface area (Å²) >= 11 is 0. The second kappa shape index (κ2) is 8.42. The summed E-state index contributed by atoms with van der Waals surface area (Å²) in [6, 6.07) is 18.2. The monoisotopic (exact) mass is 340 g/mol. The number of amidine groups is 1. The summed E-state index contributed by atoms with van der Waals surface area (Å²) in [4.78, 5) is 4.27. The third-order valence-corrected chi connectivity index (χ3v) is 4.08. The smallest absolute Gasteiger partial charge is 0.282 e. The summed E-state index contributed by atoms with van der Waals surface area (Å²) < 4.78 is 17.2. The van der Waals surface area contributed by atoms with Crippen LogP contribution in [0.3, 0.4) is 0 Å². The fourth-order valence-electron chi connectivity index (χ4n) is 2.73. The summed E-state index contributed by atoms with van der Waals surface area (Å²) in [5.74, 6) is 1.59. The summed E-state index contributed by atoms with van der Waals surface area (Å²) in [6.45, 7) is 3.17. The number of ether oxygens (including phenoxy) is 3. The molecule has 2 aromatic rings. The van der Waals surface area contributed by atoms with E-state index in [1.165, 1.54) is 0 Å². The molecule has 5 nitrogen and oxygen atoms in total. The van der Waals surface area contributed by atoms with Crippen molar-refractivity contribution in [2.24, 2.45) is 10.7 Å². The molecule has 0 bridgehead atoms. The van der Waals surface area contributed by atoms with Gasteiger partial charge in [0, 0.05) is 12.5 Å². The van der Waals surface area contributed by atoms with Crippen LogP contribution in [0, 0.1) is 0 Å². The van der Waals surface area contributed by atoms with Gasteiger partial charge >= 0.3 is 0 Å². The third kappa shape index (κ3) is 5.14. The van der Waals surface area contributed by atoms with Crippen molar-refractivity contribution in [3.8, 4) is 11.5 Å². The van der Waals surface area contributed by atoms with Crippen molar-refractivity contribution in [3.63, 3.8) is 0 Å². The molecule has 5 heteroatoms. The maximum Gasteiger partial charge on any atom is 0.282 e. The molecule has 25 heavy (non-hydrogen) atoms. The number of hydrogen-bond donors (Lipinski definition) is 1. The van der Waals surface area contributed by atoms with Crippen LogP contribution in [0.2, 0.25) is 0 Å². The molecule has 0 radical (unpaired) electrons. The maximum absolute atomic E-state index is 6.11. The van der Waals surface area contributed by atoms with Crippen LogP contribution in [0.25, 0.3) is 0 Å². The maximum atomic E-state index is 6.11. The predicted molar refractivity (Wildman–Crippen MR) is 97.9 cm³/mol. The molecular formula is C20H24N2O3. The van der Waals surface area contributed by atoms with E-state index in [1.807, 2.05) is 54.6 Å². The van der Waals surface area contributed by atoms with Gasteiger partial charge in [-0.05, 0) is 24.1 Å². The molecule has 3 rings (SSSR count). The van der Waals surface area contributed by atoms with Crippen molar-refractivity contribution >= 4 is 6.02 Å². The molecule has 0 aromatic heterocycles. The normalized spacial score (nSPS) is 17.5. The summed E-state index contributed by atoms with van der Waals surface area (Å²) in [6.07, 6.45) is 1.74. The Labute approximate surface area is 148 Å².